The van der Waals surface area contributed by atoms with E-state index in [1.54, 1.807) is 23.4 Å². The molecule has 1 aromatic carbocycles. The highest BCUT2D eigenvalue weighted by molar-refractivity contribution is 6.34. The van der Waals surface area contributed by atoms with Gasteiger partial charge in [-0.2, -0.15) is 4.98 Å². The minimum Gasteiger partial charge on any atom is -0.398 e. The van der Waals surface area contributed by atoms with Crippen LogP contribution in [0, 0.1) is 5.82 Å². The number of rotatable bonds is 6. The molecule has 2 aliphatic carbocycles. The van der Waals surface area contributed by atoms with Gasteiger partial charge in [0.05, 0.1) is 38.7 Å². The highest BCUT2D eigenvalue weighted by Gasteiger charge is 2.37. The third kappa shape index (κ3) is 4.71. The Hall–Kier alpha value is -4.38. The Morgan fingerprint density at radius 2 is 1.81 bits per heavy atom. The van der Waals surface area contributed by atoms with E-state index in [0.717, 1.165) is 37.1 Å². The standard InChI is InChI=1S/C31H30ClFN8O2/c1-3-23(42)40-12-11-39(14-16(40)2)29-19-13-20(32)27(24-21(33)5-4-6-22(24)34)37-30(19)41(31(43)38-29)28-25(17-7-8-17)35-15-36-26(28)18-9-10-18/h3-6,13,15-18H,1,7-12,14,34H2,2H3. The van der Waals surface area contributed by atoms with Gasteiger partial charge in [-0.15, -0.1) is 0 Å². The number of nitrogens with two attached hydrogens (primary N) is 1. The fourth-order valence-electron chi connectivity index (χ4n) is 6.06. The minimum absolute atomic E-state index is 0.0612. The molecule has 0 spiro atoms. The molecule has 1 aliphatic heterocycles. The number of benzene rings is 1. The summed E-state index contributed by atoms with van der Waals surface area (Å²) in [7, 11) is 0. The van der Waals surface area contributed by atoms with Crippen molar-refractivity contribution in [3.63, 3.8) is 0 Å². The zero-order chi connectivity index (χ0) is 30.0. The maximum absolute atomic E-state index is 15.2. The van der Waals surface area contributed by atoms with Gasteiger partial charge in [-0.1, -0.05) is 24.2 Å². The van der Waals surface area contributed by atoms with Crippen molar-refractivity contribution in [2.75, 3.05) is 30.3 Å². The Bertz CT molecular complexity index is 1820. The first-order valence-electron chi connectivity index (χ1n) is 14.5. The molecule has 10 nitrogen and oxygen atoms in total. The molecule has 1 amide bonds. The number of hydrogen-bond acceptors (Lipinski definition) is 8. The number of anilines is 2. The number of nitrogen functional groups attached to an aromatic ring is 1. The Morgan fingerprint density at radius 1 is 1.12 bits per heavy atom. The van der Waals surface area contributed by atoms with E-state index in [-0.39, 0.29) is 51.4 Å². The average Bonchev–Trinajstić information content (AvgIpc) is 3.91. The predicted molar refractivity (Wildman–Crippen MR) is 163 cm³/mol. The monoisotopic (exact) mass is 600 g/mol. The fraction of sp³-hybridized carbons (Fsp3) is 0.355. The van der Waals surface area contributed by atoms with Crippen LogP contribution in [0.5, 0.6) is 0 Å². The number of aromatic nitrogens is 5. The Labute approximate surface area is 252 Å². The highest BCUT2D eigenvalue weighted by atomic mass is 35.5. The minimum atomic E-state index is -0.575. The van der Waals surface area contributed by atoms with E-state index < -0.39 is 11.5 Å². The third-order valence-corrected chi connectivity index (χ3v) is 8.79. The van der Waals surface area contributed by atoms with Crippen LogP contribution in [0.4, 0.5) is 15.9 Å². The van der Waals surface area contributed by atoms with Gasteiger partial charge in [0, 0.05) is 43.2 Å². The number of carbonyl (C=O) groups excluding carboxylic acids is 1. The summed E-state index contributed by atoms with van der Waals surface area (Å²) in [5.41, 5.74) is 8.51. The van der Waals surface area contributed by atoms with E-state index in [1.165, 1.54) is 22.8 Å². The van der Waals surface area contributed by atoms with Crippen LogP contribution in [0.3, 0.4) is 0 Å². The van der Waals surface area contributed by atoms with Gasteiger partial charge in [-0.25, -0.2) is 28.7 Å². The number of nitrogens with zero attached hydrogens (tertiary/aromatic N) is 7. The Morgan fingerprint density at radius 3 is 2.42 bits per heavy atom. The molecule has 2 N–H and O–H groups in total. The summed E-state index contributed by atoms with van der Waals surface area (Å²) >= 11 is 6.82. The summed E-state index contributed by atoms with van der Waals surface area (Å²) in [6, 6.07) is 5.91. The lowest BCUT2D eigenvalue weighted by Gasteiger charge is -2.40. The number of hydrogen-bond donors (Lipinski definition) is 1. The van der Waals surface area contributed by atoms with Gasteiger partial charge in [0.15, 0.2) is 5.65 Å². The number of fused-ring (bicyclic) bond motifs is 1. The van der Waals surface area contributed by atoms with Crippen LogP contribution < -0.4 is 16.3 Å². The largest absolute Gasteiger partial charge is 0.398 e. The maximum Gasteiger partial charge on any atom is 0.355 e. The summed E-state index contributed by atoms with van der Waals surface area (Å²) in [6.07, 6.45) is 6.74. The van der Waals surface area contributed by atoms with Crippen LogP contribution in [0.15, 0.2) is 48.0 Å². The Kier molecular flexibility index (Phi) is 6.65. The highest BCUT2D eigenvalue weighted by Crippen LogP contribution is 2.47. The number of halogens is 2. The van der Waals surface area contributed by atoms with Crippen LogP contribution in [-0.4, -0.2) is 61.0 Å². The molecule has 3 aromatic heterocycles. The van der Waals surface area contributed by atoms with E-state index in [1.807, 2.05) is 11.8 Å². The quantitative estimate of drug-likeness (QED) is 0.252. The molecule has 4 heterocycles. The van der Waals surface area contributed by atoms with Crippen LogP contribution in [0.2, 0.25) is 5.02 Å². The number of amides is 1. The lowest BCUT2D eigenvalue weighted by Crippen LogP contribution is -2.54. The van der Waals surface area contributed by atoms with Crippen molar-refractivity contribution in [2.24, 2.45) is 0 Å². The van der Waals surface area contributed by atoms with E-state index in [0.29, 0.717) is 36.5 Å². The van der Waals surface area contributed by atoms with Crippen molar-refractivity contribution < 1.29 is 9.18 Å². The second kappa shape index (κ2) is 10.4. The van der Waals surface area contributed by atoms with Gasteiger partial charge < -0.3 is 15.5 Å². The molecule has 12 heteroatoms. The molecule has 4 aromatic rings. The lowest BCUT2D eigenvalue weighted by atomic mass is 10.1. The van der Waals surface area contributed by atoms with Crippen molar-refractivity contribution >= 4 is 40.0 Å². The van der Waals surface area contributed by atoms with Gasteiger partial charge in [0.1, 0.15) is 18.0 Å². The molecule has 0 radical (unpaired) electrons. The molecule has 0 bridgehead atoms. The molecule has 43 heavy (non-hydrogen) atoms. The van der Waals surface area contributed by atoms with Gasteiger partial charge in [0.25, 0.3) is 0 Å². The van der Waals surface area contributed by atoms with Crippen molar-refractivity contribution in [1.29, 1.82) is 0 Å². The van der Waals surface area contributed by atoms with Crippen molar-refractivity contribution in [3.8, 4) is 16.9 Å². The number of piperazine rings is 1. The molecular weight excluding hydrogens is 571 g/mol. The zero-order valence-electron chi connectivity index (χ0n) is 23.6. The molecule has 220 valence electrons. The molecular formula is C31H30ClFN8O2. The van der Waals surface area contributed by atoms with Gasteiger partial charge in [-0.3, -0.25) is 4.79 Å². The topological polar surface area (TPSA) is 123 Å². The molecule has 1 unspecified atom stereocenters. The lowest BCUT2D eigenvalue weighted by molar-refractivity contribution is -0.128. The van der Waals surface area contributed by atoms with Crippen molar-refractivity contribution in [1.82, 2.24) is 29.4 Å². The third-order valence-electron chi connectivity index (χ3n) is 8.50. The zero-order valence-corrected chi connectivity index (χ0v) is 24.4. The van der Waals surface area contributed by atoms with E-state index in [9.17, 15) is 9.59 Å². The van der Waals surface area contributed by atoms with Crippen LogP contribution in [-0.2, 0) is 4.79 Å². The summed E-state index contributed by atoms with van der Waals surface area (Å²) in [5.74, 6) is 0.0922. The smallest absolute Gasteiger partial charge is 0.355 e. The van der Waals surface area contributed by atoms with Gasteiger partial charge in [0.2, 0.25) is 5.91 Å². The van der Waals surface area contributed by atoms with Gasteiger partial charge >= 0.3 is 5.69 Å². The van der Waals surface area contributed by atoms with Crippen LogP contribution in [0.1, 0.15) is 55.8 Å². The number of pyridine rings is 1. The van der Waals surface area contributed by atoms with E-state index in [2.05, 4.69) is 21.5 Å². The summed E-state index contributed by atoms with van der Waals surface area (Å²) < 4.78 is 16.7. The summed E-state index contributed by atoms with van der Waals surface area (Å²) in [5, 5.41) is 0.687. The average molecular weight is 601 g/mol. The van der Waals surface area contributed by atoms with Crippen molar-refractivity contribution in [3.05, 3.63) is 76.0 Å². The molecule has 7 rings (SSSR count). The van der Waals surface area contributed by atoms with E-state index in [4.69, 9.17) is 22.3 Å². The fourth-order valence-corrected chi connectivity index (χ4v) is 6.30. The molecule has 3 fully saturated rings. The first kappa shape index (κ1) is 27.5. The van der Waals surface area contributed by atoms with Crippen molar-refractivity contribution in [2.45, 2.75) is 50.5 Å². The SMILES string of the molecule is C=CC(=O)N1CCN(c2nc(=O)n(-c3c(C4CC4)ncnc3C3CC3)c3nc(-c4c(N)cccc4F)c(Cl)cc23)CC1C. The first-order valence-corrected chi connectivity index (χ1v) is 14.9. The molecule has 1 saturated heterocycles. The molecule has 1 atom stereocenters. The maximum atomic E-state index is 15.2. The summed E-state index contributed by atoms with van der Waals surface area (Å²) in [6.45, 7) is 6.84. The first-order chi connectivity index (χ1) is 20.8. The second-order valence-electron chi connectivity index (χ2n) is 11.5. The van der Waals surface area contributed by atoms with Crippen LogP contribution >= 0.6 is 11.6 Å². The molecule has 2 saturated carbocycles. The van der Waals surface area contributed by atoms with Crippen LogP contribution in [0.25, 0.3) is 28.0 Å². The molecule has 3 aliphatic rings. The predicted octanol–water partition coefficient (Wildman–Crippen LogP) is 4.59. The van der Waals surface area contributed by atoms with Gasteiger partial charge in [-0.05, 0) is 56.9 Å². The second-order valence-corrected chi connectivity index (χ2v) is 11.9. The van der Waals surface area contributed by atoms with E-state index >= 15 is 4.39 Å². The normalized spacial score (nSPS) is 18.7. The number of carbonyl (C=O) groups is 1. The summed E-state index contributed by atoms with van der Waals surface area (Å²) in [4.78, 5) is 49.0. The Balaban J connectivity index is 1.50.